The van der Waals surface area contributed by atoms with Gasteiger partial charge in [-0.05, 0) is 68.6 Å². The molecule has 3 aliphatic rings. The van der Waals surface area contributed by atoms with Crippen LogP contribution in [0.1, 0.15) is 45.1 Å². The lowest BCUT2D eigenvalue weighted by Crippen LogP contribution is -2.47. The Morgan fingerprint density at radius 1 is 1.29 bits per heavy atom. The molecular formula is C21H26FN3O3. The van der Waals surface area contributed by atoms with Crippen LogP contribution in [0.4, 0.5) is 9.18 Å². The standard InChI is InChI=1S/C21H26FN3O3/c1-12(17-10-13-3-4-14(17)9-13)23-18(26)11-25-19(27)21(2,24-20(25)28)15-5-7-16(22)8-6-15/h5-8,12-14,17H,3-4,9-11H2,1-2H3,(H,23,26)(H,24,28). The summed E-state index contributed by atoms with van der Waals surface area (Å²) >= 11 is 0. The van der Waals surface area contributed by atoms with Gasteiger partial charge in [0.25, 0.3) is 5.91 Å². The molecule has 1 aromatic carbocycles. The maximum atomic E-state index is 13.2. The molecule has 0 radical (unpaired) electrons. The van der Waals surface area contributed by atoms with Crippen molar-refractivity contribution in [2.75, 3.05) is 6.54 Å². The molecule has 5 unspecified atom stereocenters. The van der Waals surface area contributed by atoms with Crippen LogP contribution in [-0.2, 0) is 15.1 Å². The Labute approximate surface area is 163 Å². The molecule has 0 spiro atoms. The van der Waals surface area contributed by atoms with Crippen molar-refractivity contribution in [3.63, 3.8) is 0 Å². The van der Waals surface area contributed by atoms with Crippen LogP contribution in [0.2, 0.25) is 0 Å². The predicted octanol–water partition coefficient (Wildman–Crippen LogP) is 2.53. The minimum Gasteiger partial charge on any atom is -0.352 e. The predicted molar refractivity (Wildman–Crippen MR) is 101 cm³/mol. The molecular weight excluding hydrogens is 361 g/mol. The number of nitrogens with zero attached hydrogens (tertiary/aromatic N) is 1. The first-order valence-electron chi connectivity index (χ1n) is 9.97. The number of carbonyl (C=O) groups excluding carboxylic acids is 3. The molecule has 5 atom stereocenters. The van der Waals surface area contributed by atoms with Gasteiger partial charge in [-0.3, -0.25) is 14.5 Å². The fourth-order valence-corrected chi connectivity index (χ4v) is 5.28. The molecule has 1 aliphatic heterocycles. The number of nitrogens with one attached hydrogen (secondary N) is 2. The Kier molecular flexibility index (Phi) is 4.63. The summed E-state index contributed by atoms with van der Waals surface area (Å²) in [5.74, 6) is 0.690. The van der Waals surface area contributed by atoms with Crippen molar-refractivity contribution in [1.82, 2.24) is 15.5 Å². The van der Waals surface area contributed by atoms with E-state index in [0.717, 1.165) is 17.2 Å². The highest BCUT2D eigenvalue weighted by atomic mass is 19.1. The second kappa shape index (κ2) is 6.87. The summed E-state index contributed by atoms with van der Waals surface area (Å²) < 4.78 is 13.2. The van der Waals surface area contributed by atoms with E-state index in [1.54, 1.807) is 6.92 Å². The molecule has 3 fully saturated rings. The maximum absolute atomic E-state index is 13.2. The minimum atomic E-state index is -1.30. The fraction of sp³-hybridized carbons (Fsp3) is 0.571. The van der Waals surface area contributed by atoms with E-state index >= 15 is 0 Å². The summed E-state index contributed by atoms with van der Waals surface area (Å²) in [6.45, 7) is 3.26. The summed E-state index contributed by atoms with van der Waals surface area (Å²) in [4.78, 5) is 38.7. The molecule has 2 N–H and O–H groups in total. The van der Waals surface area contributed by atoms with E-state index in [4.69, 9.17) is 0 Å². The van der Waals surface area contributed by atoms with Crippen LogP contribution in [0.3, 0.4) is 0 Å². The topological polar surface area (TPSA) is 78.5 Å². The van der Waals surface area contributed by atoms with Gasteiger partial charge in [0.1, 0.15) is 17.9 Å². The Balaban J connectivity index is 1.40. The van der Waals surface area contributed by atoms with E-state index in [1.807, 2.05) is 6.92 Å². The zero-order valence-electron chi connectivity index (χ0n) is 16.2. The smallest absolute Gasteiger partial charge is 0.325 e. The summed E-state index contributed by atoms with van der Waals surface area (Å²) in [6, 6.07) is 4.84. The second-order valence-corrected chi connectivity index (χ2v) is 8.65. The lowest BCUT2D eigenvalue weighted by atomic mass is 9.84. The van der Waals surface area contributed by atoms with Crippen LogP contribution < -0.4 is 10.6 Å². The van der Waals surface area contributed by atoms with Crippen LogP contribution in [0.25, 0.3) is 0 Å². The summed E-state index contributed by atoms with van der Waals surface area (Å²) in [6.07, 6.45) is 4.94. The second-order valence-electron chi connectivity index (χ2n) is 8.65. The Morgan fingerprint density at radius 3 is 2.61 bits per heavy atom. The van der Waals surface area contributed by atoms with Crippen molar-refractivity contribution in [3.05, 3.63) is 35.6 Å². The van der Waals surface area contributed by atoms with Gasteiger partial charge in [0.2, 0.25) is 5.91 Å². The van der Waals surface area contributed by atoms with Gasteiger partial charge in [0, 0.05) is 6.04 Å². The Morgan fingerprint density at radius 2 is 2.00 bits per heavy atom. The van der Waals surface area contributed by atoms with Gasteiger partial charge in [-0.15, -0.1) is 0 Å². The molecule has 6 nitrogen and oxygen atoms in total. The van der Waals surface area contributed by atoms with Crippen LogP contribution in [0.15, 0.2) is 24.3 Å². The largest absolute Gasteiger partial charge is 0.352 e. The first-order valence-corrected chi connectivity index (χ1v) is 9.97. The first-order chi connectivity index (χ1) is 13.3. The monoisotopic (exact) mass is 387 g/mol. The van der Waals surface area contributed by atoms with Crippen molar-refractivity contribution in [2.24, 2.45) is 17.8 Å². The number of fused-ring (bicyclic) bond motifs is 2. The number of amides is 4. The van der Waals surface area contributed by atoms with Crippen molar-refractivity contribution < 1.29 is 18.8 Å². The van der Waals surface area contributed by atoms with Gasteiger partial charge in [-0.2, -0.15) is 0 Å². The van der Waals surface area contributed by atoms with Gasteiger partial charge in [0.05, 0.1) is 0 Å². The van der Waals surface area contributed by atoms with E-state index < -0.39 is 23.3 Å². The van der Waals surface area contributed by atoms with Crippen molar-refractivity contribution in [2.45, 2.75) is 51.1 Å². The van der Waals surface area contributed by atoms with Crippen LogP contribution in [0.5, 0.6) is 0 Å². The molecule has 1 aromatic rings. The highest BCUT2D eigenvalue weighted by Gasteiger charge is 2.49. The lowest BCUT2D eigenvalue weighted by molar-refractivity contribution is -0.135. The van der Waals surface area contributed by atoms with Crippen molar-refractivity contribution in [1.29, 1.82) is 0 Å². The van der Waals surface area contributed by atoms with E-state index in [0.29, 0.717) is 17.4 Å². The first kappa shape index (κ1) is 18.9. The van der Waals surface area contributed by atoms with Crippen LogP contribution in [-0.4, -0.2) is 35.3 Å². The molecule has 4 amide bonds. The summed E-state index contributed by atoms with van der Waals surface area (Å²) in [7, 11) is 0. The molecule has 150 valence electrons. The Bertz CT molecular complexity index is 812. The third-order valence-electron chi connectivity index (χ3n) is 6.82. The van der Waals surface area contributed by atoms with E-state index in [2.05, 4.69) is 10.6 Å². The SMILES string of the molecule is CC(NC(=O)CN1C(=O)NC(C)(c2ccc(F)cc2)C1=O)C1CC2CCC1C2. The molecule has 0 aromatic heterocycles. The lowest BCUT2D eigenvalue weighted by Gasteiger charge is -2.29. The third-order valence-corrected chi connectivity index (χ3v) is 6.82. The molecule has 1 heterocycles. The van der Waals surface area contributed by atoms with Gasteiger partial charge < -0.3 is 10.6 Å². The number of hydrogen-bond donors (Lipinski definition) is 2. The number of carbonyl (C=O) groups is 3. The average Bonchev–Trinajstić information content (AvgIpc) is 3.33. The zero-order valence-corrected chi connectivity index (χ0v) is 16.2. The average molecular weight is 387 g/mol. The van der Waals surface area contributed by atoms with Crippen LogP contribution >= 0.6 is 0 Å². The van der Waals surface area contributed by atoms with Gasteiger partial charge in [-0.25, -0.2) is 9.18 Å². The molecule has 2 saturated carbocycles. The summed E-state index contributed by atoms with van der Waals surface area (Å²) in [5, 5.41) is 5.62. The van der Waals surface area contributed by atoms with E-state index in [9.17, 15) is 18.8 Å². The fourth-order valence-electron chi connectivity index (χ4n) is 5.28. The number of imide groups is 1. The van der Waals surface area contributed by atoms with Gasteiger partial charge in [0.15, 0.2) is 0 Å². The van der Waals surface area contributed by atoms with Crippen molar-refractivity contribution in [3.8, 4) is 0 Å². The highest BCUT2D eigenvalue weighted by molar-refractivity contribution is 6.09. The number of halogens is 1. The van der Waals surface area contributed by atoms with E-state index in [1.165, 1.54) is 43.5 Å². The normalized spacial score (nSPS) is 32.5. The molecule has 7 heteroatoms. The van der Waals surface area contributed by atoms with Gasteiger partial charge in [-0.1, -0.05) is 18.6 Å². The summed E-state index contributed by atoms with van der Waals surface area (Å²) in [5.41, 5.74) is -0.827. The quantitative estimate of drug-likeness (QED) is 0.762. The molecule has 4 rings (SSSR count). The molecule has 2 bridgehead atoms. The van der Waals surface area contributed by atoms with Gasteiger partial charge >= 0.3 is 6.03 Å². The number of rotatable bonds is 5. The van der Waals surface area contributed by atoms with E-state index in [-0.39, 0.29) is 18.5 Å². The van der Waals surface area contributed by atoms with Crippen LogP contribution in [0, 0.1) is 23.6 Å². The minimum absolute atomic E-state index is 0.0343. The molecule has 28 heavy (non-hydrogen) atoms. The number of benzene rings is 1. The maximum Gasteiger partial charge on any atom is 0.325 e. The number of hydrogen-bond acceptors (Lipinski definition) is 3. The molecule has 1 saturated heterocycles. The Hall–Kier alpha value is -2.44. The molecule has 2 aliphatic carbocycles. The van der Waals surface area contributed by atoms with Crippen molar-refractivity contribution >= 4 is 17.8 Å². The zero-order chi connectivity index (χ0) is 20.1. The highest BCUT2D eigenvalue weighted by Crippen LogP contribution is 2.49. The number of urea groups is 1. The third kappa shape index (κ3) is 3.16.